The molecular formula is C23H21ClFN5O2S. The van der Waals surface area contributed by atoms with Crippen molar-refractivity contribution in [2.75, 3.05) is 11.1 Å². The molecule has 0 saturated heterocycles. The molecule has 1 N–H and O–H groups in total. The number of carbonyl (C=O) groups is 1. The molecule has 2 heterocycles. The smallest absolute Gasteiger partial charge is 0.280 e. The van der Waals surface area contributed by atoms with E-state index in [2.05, 4.69) is 15.4 Å². The number of amides is 1. The zero-order chi connectivity index (χ0) is 23.5. The number of thioether (sulfide) groups is 1. The van der Waals surface area contributed by atoms with E-state index in [1.54, 1.807) is 48.0 Å². The molecule has 4 aromatic rings. The molecule has 0 bridgehead atoms. The summed E-state index contributed by atoms with van der Waals surface area (Å²) < 4.78 is 16.5. The van der Waals surface area contributed by atoms with Gasteiger partial charge in [0.15, 0.2) is 10.7 Å². The number of nitrogens with zero attached hydrogens (tertiary/aromatic N) is 4. The Balaban J connectivity index is 1.66. The number of benzene rings is 2. The highest BCUT2D eigenvalue weighted by Crippen LogP contribution is 2.22. The Morgan fingerprint density at radius 3 is 2.52 bits per heavy atom. The Hall–Kier alpha value is -3.17. The lowest BCUT2D eigenvalue weighted by atomic mass is 10.2. The third-order valence-electron chi connectivity index (χ3n) is 5.00. The van der Waals surface area contributed by atoms with Crippen molar-refractivity contribution in [1.29, 1.82) is 0 Å². The van der Waals surface area contributed by atoms with Crippen molar-refractivity contribution in [3.05, 3.63) is 81.0 Å². The highest BCUT2D eigenvalue weighted by Gasteiger charge is 2.19. The molecule has 0 aliphatic rings. The molecule has 0 unspecified atom stereocenters. The van der Waals surface area contributed by atoms with Crippen LogP contribution in [-0.2, 0) is 17.9 Å². The standard InChI is InChI=1S/C23H21ClFN5O2S/c1-3-30-21-20(14(2)28-30)27-23(29(22(21)32)12-15-4-8-17(25)9-5-15)33-13-19(31)26-18-10-6-16(24)7-11-18/h4-11H,3,12-13H2,1-2H3,(H,26,31). The van der Waals surface area contributed by atoms with Gasteiger partial charge >= 0.3 is 0 Å². The summed E-state index contributed by atoms with van der Waals surface area (Å²) in [5.74, 6) is -0.552. The van der Waals surface area contributed by atoms with Gasteiger partial charge in [-0.15, -0.1) is 0 Å². The van der Waals surface area contributed by atoms with Crippen LogP contribution in [0.3, 0.4) is 0 Å². The number of aromatic nitrogens is 4. The number of hydrogen-bond acceptors (Lipinski definition) is 5. The van der Waals surface area contributed by atoms with Gasteiger partial charge in [0.1, 0.15) is 11.3 Å². The van der Waals surface area contributed by atoms with Crippen molar-refractivity contribution in [3.63, 3.8) is 0 Å². The average molecular weight is 486 g/mol. The minimum atomic E-state index is -0.354. The molecule has 4 rings (SSSR count). The van der Waals surface area contributed by atoms with Gasteiger partial charge < -0.3 is 5.32 Å². The summed E-state index contributed by atoms with van der Waals surface area (Å²) in [5, 5.41) is 8.19. The third-order valence-corrected chi connectivity index (χ3v) is 6.22. The molecule has 0 atom stereocenters. The van der Waals surface area contributed by atoms with Crippen LogP contribution in [0.2, 0.25) is 5.02 Å². The lowest BCUT2D eigenvalue weighted by Crippen LogP contribution is -2.26. The summed E-state index contributed by atoms with van der Waals surface area (Å²) in [6.45, 7) is 4.41. The molecular weight excluding hydrogens is 465 g/mol. The van der Waals surface area contributed by atoms with Gasteiger partial charge in [-0.1, -0.05) is 35.5 Å². The summed E-state index contributed by atoms with van der Waals surface area (Å²) in [6.07, 6.45) is 0. The van der Waals surface area contributed by atoms with Crippen LogP contribution in [0.4, 0.5) is 10.1 Å². The fourth-order valence-corrected chi connectivity index (χ4v) is 4.32. The van der Waals surface area contributed by atoms with Crippen LogP contribution in [0.25, 0.3) is 11.0 Å². The third kappa shape index (κ3) is 5.09. The molecule has 0 saturated carbocycles. The Kier molecular flexibility index (Phi) is 6.80. The van der Waals surface area contributed by atoms with Gasteiger partial charge in [0.2, 0.25) is 5.91 Å². The van der Waals surface area contributed by atoms with Crippen molar-refractivity contribution in [2.24, 2.45) is 0 Å². The Morgan fingerprint density at radius 2 is 1.85 bits per heavy atom. The summed E-state index contributed by atoms with van der Waals surface area (Å²) in [7, 11) is 0. The maximum Gasteiger partial charge on any atom is 0.280 e. The van der Waals surface area contributed by atoms with Crippen molar-refractivity contribution < 1.29 is 9.18 Å². The second-order valence-corrected chi connectivity index (χ2v) is 8.73. The van der Waals surface area contributed by atoms with Crippen LogP contribution >= 0.6 is 23.4 Å². The van der Waals surface area contributed by atoms with Crippen LogP contribution in [-0.4, -0.2) is 31.0 Å². The SMILES string of the molecule is CCn1nc(C)c2nc(SCC(=O)Nc3ccc(Cl)cc3)n(Cc3ccc(F)cc3)c(=O)c21. The number of carbonyl (C=O) groups excluding carboxylic acids is 1. The quantitative estimate of drug-likeness (QED) is 0.308. The zero-order valence-corrected chi connectivity index (χ0v) is 19.6. The Labute approximate surface area is 198 Å². The van der Waals surface area contributed by atoms with E-state index in [1.807, 2.05) is 6.92 Å². The maximum atomic E-state index is 13.4. The van der Waals surface area contributed by atoms with E-state index in [-0.39, 0.29) is 29.6 Å². The van der Waals surface area contributed by atoms with Crippen molar-refractivity contribution in [3.8, 4) is 0 Å². The topological polar surface area (TPSA) is 81.8 Å². The Morgan fingerprint density at radius 1 is 1.15 bits per heavy atom. The van der Waals surface area contributed by atoms with E-state index < -0.39 is 0 Å². The molecule has 33 heavy (non-hydrogen) atoms. The highest BCUT2D eigenvalue weighted by atomic mass is 35.5. The monoisotopic (exact) mass is 485 g/mol. The van der Waals surface area contributed by atoms with Crippen LogP contribution in [0, 0.1) is 12.7 Å². The molecule has 0 radical (unpaired) electrons. The van der Waals surface area contributed by atoms with E-state index in [9.17, 15) is 14.0 Å². The normalized spacial score (nSPS) is 11.2. The van der Waals surface area contributed by atoms with Crippen LogP contribution in [0.5, 0.6) is 0 Å². The number of hydrogen-bond donors (Lipinski definition) is 1. The van der Waals surface area contributed by atoms with E-state index in [0.29, 0.717) is 39.1 Å². The molecule has 0 spiro atoms. The van der Waals surface area contributed by atoms with Crippen molar-refractivity contribution >= 4 is 46.0 Å². The predicted molar refractivity (Wildman–Crippen MR) is 129 cm³/mol. The first-order valence-corrected chi connectivity index (χ1v) is 11.6. The predicted octanol–water partition coefficient (Wildman–Crippen LogP) is 4.49. The first kappa shape index (κ1) is 23.0. The minimum absolute atomic E-state index is 0.0466. The first-order chi connectivity index (χ1) is 15.9. The van der Waals surface area contributed by atoms with Gasteiger partial charge in [-0.3, -0.25) is 18.8 Å². The molecule has 1 amide bonds. The Bertz CT molecular complexity index is 1370. The van der Waals surface area contributed by atoms with Gasteiger partial charge in [-0.05, 0) is 55.8 Å². The van der Waals surface area contributed by atoms with E-state index in [0.717, 1.165) is 17.3 Å². The second kappa shape index (κ2) is 9.76. The number of fused-ring (bicyclic) bond motifs is 1. The summed E-state index contributed by atoms with van der Waals surface area (Å²) in [4.78, 5) is 30.6. The van der Waals surface area contributed by atoms with E-state index >= 15 is 0 Å². The van der Waals surface area contributed by atoms with Crippen LogP contribution in [0.1, 0.15) is 18.2 Å². The van der Waals surface area contributed by atoms with Crippen molar-refractivity contribution in [1.82, 2.24) is 19.3 Å². The van der Waals surface area contributed by atoms with E-state index in [4.69, 9.17) is 11.6 Å². The lowest BCUT2D eigenvalue weighted by Gasteiger charge is -2.13. The average Bonchev–Trinajstić information content (AvgIpc) is 3.13. The lowest BCUT2D eigenvalue weighted by molar-refractivity contribution is -0.113. The molecule has 7 nitrogen and oxygen atoms in total. The van der Waals surface area contributed by atoms with Gasteiger partial charge in [0.25, 0.3) is 5.56 Å². The first-order valence-electron chi connectivity index (χ1n) is 10.3. The fourth-order valence-electron chi connectivity index (χ4n) is 3.40. The molecule has 2 aromatic heterocycles. The van der Waals surface area contributed by atoms with Gasteiger partial charge in [0, 0.05) is 17.3 Å². The maximum absolute atomic E-state index is 13.4. The molecule has 10 heteroatoms. The van der Waals surface area contributed by atoms with Gasteiger partial charge in [0.05, 0.1) is 18.0 Å². The van der Waals surface area contributed by atoms with Crippen LogP contribution in [0.15, 0.2) is 58.5 Å². The van der Waals surface area contributed by atoms with Gasteiger partial charge in [-0.2, -0.15) is 5.10 Å². The highest BCUT2D eigenvalue weighted by molar-refractivity contribution is 7.99. The fraction of sp³-hybridized carbons (Fsp3) is 0.217. The van der Waals surface area contributed by atoms with Gasteiger partial charge in [-0.25, -0.2) is 9.37 Å². The zero-order valence-electron chi connectivity index (χ0n) is 18.0. The second-order valence-electron chi connectivity index (χ2n) is 7.35. The minimum Gasteiger partial charge on any atom is -0.325 e. The molecule has 0 aliphatic carbocycles. The summed E-state index contributed by atoms with van der Waals surface area (Å²) in [5.41, 5.74) is 2.67. The molecule has 0 aliphatic heterocycles. The number of anilines is 1. The number of nitrogens with one attached hydrogen (secondary N) is 1. The number of halogens is 2. The van der Waals surface area contributed by atoms with Crippen molar-refractivity contribution in [2.45, 2.75) is 32.1 Å². The number of rotatable bonds is 7. The van der Waals surface area contributed by atoms with Crippen LogP contribution < -0.4 is 10.9 Å². The summed E-state index contributed by atoms with van der Waals surface area (Å²) in [6, 6.07) is 12.7. The summed E-state index contributed by atoms with van der Waals surface area (Å²) >= 11 is 7.04. The largest absolute Gasteiger partial charge is 0.325 e. The van der Waals surface area contributed by atoms with E-state index in [1.165, 1.54) is 16.7 Å². The number of aryl methyl sites for hydroxylation is 2. The molecule has 170 valence electrons. The molecule has 2 aromatic carbocycles. The molecule has 0 fully saturated rings.